The van der Waals surface area contributed by atoms with Crippen molar-refractivity contribution in [2.45, 2.75) is 25.0 Å². The van der Waals surface area contributed by atoms with Crippen molar-refractivity contribution in [2.24, 2.45) is 0 Å². The quantitative estimate of drug-likeness (QED) is 0.388. The van der Waals surface area contributed by atoms with Gasteiger partial charge >= 0.3 is 0 Å². The lowest BCUT2D eigenvalue weighted by Crippen LogP contribution is -2.34. The smallest absolute Gasteiger partial charge is 0.178 e. The Morgan fingerprint density at radius 3 is 2.07 bits per heavy atom. The zero-order chi connectivity index (χ0) is 20.1. The van der Waals surface area contributed by atoms with Crippen LogP contribution in [0.4, 0.5) is 0 Å². The topological polar surface area (TPSA) is 18.5 Å². The average Bonchev–Trinajstić information content (AvgIpc) is 3.20. The van der Waals surface area contributed by atoms with Gasteiger partial charge in [-0.2, -0.15) is 0 Å². The van der Waals surface area contributed by atoms with Crippen LogP contribution in [-0.2, 0) is 12.0 Å². The Bertz CT molecular complexity index is 1230. The van der Waals surface area contributed by atoms with Crippen LogP contribution in [0.2, 0.25) is 0 Å². The van der Waals surface area contributed by atoms with E-state index in [1.807, 2.05) is 12.1 Å². The van der Waals surface area contributed by atoms with Crippen LogP contribution < -0.4 is 9.47 Å². The number of hydrogen-bond donors (Lipinski definition) is 0. The Kier molecular flexibility index (Phi) is 3.76. The minimum atomic E-state index is -0.641. The van der Waals surface area contributed by atoms with Crippen LogP contribution in [0.5, 0.6) is 11.5 Å². The largest absolute Gasteiger partial charge is 0.490 e. The zero-order valence-corrected chi connectivity index (χ0v) is 16.8. The van der Waals surface area contributed by atoms with Gasteiger partial charge < -0.3 is 9.47 Å². The third-order valence-electron chi connectivity index (χ3n) is 6.25. The summed E-state index contributed by atoms with van der Waals surface area (Å²) in [7, 11) is 0. The highest BCUT2D eigenvalue weighted by Gasteiger charge is 2.37. The monoisotopic (exact) mass is 390 g/mol. The highest BCUT2D eigenvalue weighted by molar-refractivity contribution is 5.97. The second kappa shape index (κ2) is 6.50. The first-order chi connectivity index (χ1) is 14.7. The second-order valence-corrected chi connectivity index (χ2v) is 8.15. The maximum absolute atomic E-state index is 6.82. The summed E-state index contributed by atoms with van der Waals surface area (Å²) in [4.78, 5) is 0. The maximum atomic E-state index is 6.82. The molecule has 4 aromatic carbocycles. The van der Waals surface area contributed by atoms with E-state index in [1.54, 1.807) is 0 Å². The number of benzene rings is 4. The van der Waals surface area contributed by atoms with E-state index >= 15 is 0 Å². The van der Waals surface area contributed by atoms with Crippen molar-refractivity contribution in [3.63, 3.8) is 0 Å². The van der Waals surface area contributed by atoms with E-state index in [-0.39, 0.29) is 6.10 Å². The van der Waals surface area contributed by atoms with Gasteiger partial charge in [0.25, 0.3) is 0 Å². The third-order valence-corrected chi connectivity index (χ3v) is 6.25. The van der Waals surface area contributed by atoms with Gasteiger partial charge in [-0.05, 0) is 48.0 Å². The van der Waals surface area contributed by atoms with E-state index in [0.29, 0.717) is 0 Å². The van der Waals surface area contributed by atoms with Gasteiger partial charge in [0.15, 0.2) is 5.60 Å². The van der Waals surface area contributed by atoms with Gasteiger partial charge in [-0.1, -0.05) is 66.7 Å². The van der Waals surface area contributed by atoms with Crippen LogP contribution in [-0.4, -0.2) is 6.10 Å². The van der Waals surface area contributed by atoms with Gasteiger partial charge in [0.1, 0.15) is 17.6 Å². The van der Waals surface area contributed by atoms with Crippen molar-refractivity contribution in [1.29, 1.82) is 0 Å². The summed E-state index contributed by atoms with van der Waals surface area (Å²) in [5.74, 6) is 1.92. The van der Waals surface area contributed by atoms with Crippen molar-refractivity contribution < 1.29 is 9.47 Å². The molecule has 4 aromatic rings. The first-order valence-corrected chi connectivity index (χ1v) is 10.5. The molecule has 2 heteroatoms. The molecule has 30 heavy (non-hydrogen) atoms. The van der Waals surface area contributed by atoms with Gasteiger partial charge in [-0.25, -0.2) is 0 Å². The summed E-state index contributed by atoms with van der Waals surface area (Å²) in [6.45, 7) is 2.13. The fourth-order valence-corrected chi connectivity index (χ4v) is 4.84. The molecule has 0 radical (unpaired) electrons. The molecule has 2 heterocycles. The van der Waals surface area contributed by atoms with Crippen molar-refractivity contribution in [3.05, 3.63) is 113 Å². The van der Waals surface area contributed by atoms with Crippen molar-refractivity contribution in [3.8, 4) is 11.5 Å². The first kappa shape index (κ1) is 17.3. The molecule has 0 aromatic heterocycles. The Morgan fingerprint density at radius 1 is 0.733 bits per heavy atom. The van der Waals surface area contributed by atoms with Gasteiger partial charge in [0, 0.05) is 28.7 Å². The summed E-state index contributed by atoms with van der Waals surface area (Å²) < 4.78 is 12.8. The van der Waals surface area contributed by atoms with Crippen LogP contribution in [0, 0.1) is 0 Å². The Hall–Kier alpha value is -3.52. The first-order valence-electron chi connectivity index (χ1n) is 10.5. The molecule has 0 saturated heterocycles. The Morgan fingerprint density at radius 2 is 1.37 bits per heavy atom. The molecule has 0 bridgehead atoms. The Balaban J connectivity index is 1.55. The van der Waals surface area contributed by atoms with E-state index in [2.05, 4.69) is 91.9 Å². The number of rotatable bonds is 2. The molecule has 0 spiro atoms. The third kappa shape index (κ3) is 2.50. The van der Waals surface area contributed by atoms with Crippen LogP contribution in [0.1, 0.15) is 29.2 Å². The van der Waals surface area contributed by atoms with E-state index < -0.39 is 5.60 Å². The molecule has 0 fully saturated rings. The van der Waals surface area contributed by atoms with Gasteiger partial charge in [0.2, 0.25) is 0 Å². The van der Waals surface area contributed by atoms with Gasteiger partial charge in [-0.3, -0.25) is 0 Å². The molecule has 1 atom stereocenters. The van der Waals surface area contributed by atoms with Crippen LogP contribution in [0.3, 0.4) is 0 Å². The van der Waals surface area contributed by atoms with E-state index in [1.165, 1.54) is 16.3 Å². The SMILES string of the molecule is CC1Cc2c(ccc3c4c(ccc23)OC(c2ccccc2)(c2ccccc2)C=C4)O1. The fraction of sp³-hybridized carbons (Fsp3) is 0.143. The second-order valence-electron chi connectivity index (χ2n) is 8.15. The van der Waals surface area contributed by atoms with Crippen LogP contribution in [0.15, 0.2) is 91.0 Å². The minimum absolute atomic E-state index is 0.234. The maximum Gasteiger partial charge on any atom is 0.178 e. The molecule has 6 rings (SSSR count). The average molecular weight is 390 g/mol. The van der Waals surface area contributed by atoms with Crippen LogP contribution in [0.25, 0.3) is 16.8 Å². The van der Waals surface area contributed by atoms with Crippen molar-refractivity contribution in [1.82, 2.24) is 0 Å². The lowest BCUT2D eigenvalue weighted by molar-refractivity contribution is 0.161. The molecule has 0 saturated carbocycles. The number of ether oxygens (including phenoxy) is 2. The van der Waals surface area contributed by atoms with Crippen LogP contribution >= 0.6 is 0 Å². The van der Waals surface area contributed by atoms with E-state index in [0.717, 1.165) is 34.6 Å². The highest BCUT2D eigenvalue weighted by atomic mass is 16.5. The zero-order valence-electron chi connectivity index (χ0n) is 16.8. The molecule has 0 aliphatic carbocycles. The normalized spacial score (nSPS) is 18.4. The predicted molar refractivity (Wildman–Crippen MR) is 121 cm³/mol. The molecule has 0 N–H and O–H groups in total. The lowest BCUT2D eigenvalue weighted by Gasteiger charge is -2.36. The Labute approximate surface area is 176 Å². The lowest BCUT2D eigenvalue weighted by atomic mass is 9.83. The molecule has 146 valence electrons. The number of fused-ring (bicyclic) bond motifs is 5. The van der Waals surface area contributed by atoms with Gasteiger partial charge in [-0.15, -0.1) is 0 Å². The molecule has 0 amide bonds. The predicted octanol–water partition coefficient (Wildman–Crippen LogP) is 6.51. The molecular weight excluding hydrogens is 368 g/mol. The summed E-state index contributed by atoms with van der Waals surface area (Å²) in [6.07, 6.45) is 5.62. The standard InChI is InChI=1S/C28H22O2/c1-19-18-25-23-13-15-27-24(22(23)12-14-26(25)29-19)16-17-28(30-27,20-8-4-2-5-9-20)21-10-6-3-7-11-21/h2-17,19H,18H2,1H3. The van der Waals surface area contributed by atoms with E-state index in [9.17, 15) is 0 Å². The summed E-state index contributed by atoms with van der Waals surface area (Å²) in [5, 5.41) is 2.48. The molecular formula is C28H22O2. The summed E-state index contributed by atoms with van der Waals surface area (Å²) in [5.41, 5.74) is 4.04. The highest BCUT2D eigenvalue weighted by Crippen LogP contribution is 2.46. The summed E-state index contributed by atoms with van der Waals surface area (Å²) in [6, 6.07) is 29.5. The molecule has 2 aliphatic heterocycles. The van der Waals surface area contributed by atoms with Crippen molar-refractivity contribution >= 4 is 16.8 Å². The summed E-state index contributed by atoms with van der Waals surface area (Å²) >= 11 is 0. The molecule has 2 nitrogen and oxygen atoms in total. The van der Waals surface area contributed by atoms with E-state index in [4.69, 9.17) is 9.47 Å². The molecule has 2 aliphatic rings. The van der Waals surface area contributed by atoms with Gasteiger partial charge in [0.05, 0.1) is 0 Å². The number of hydrogen-bond acceptors (Lipinski definition) is 2. The minimum Gasteiger partial charge on any atom is -0.490 e. The molecule has 1 unspecified atom stereocenters. The fourth-order valence-electron chi connectivity index (χ4n) is 4.84. The van der Waals surface area contributed by atoms with Crippen molar-refractivity contribution in [2.75, 3.05) is 0 Å².